The predicted molar refractivity (Wildman–Crippen MR) is 46.0 cm³/mol. The number of hydrogen-bond acceptors (Lipinski definition) is 2. The summed E-state index contributed by atoms with van der Waals surface area (Å²) in [7, 11) is 0. The van der Waals surface area contributed by atoms with Crippen LogP contribution in [0, 0.1) is 6.92 Å². The topological polar surface area (TPSA) is 43.1 Å². The molecule has 1 aromatic carbocycles. The summed E-state index contributed by atoms with van der Waals surface area (Å²) in [6, 6.07) is 3.28. The minimum atomic E-state index is 0.435. The number of anilines is 1. The van der Waals surface area contributed by atoms with Gasteiger partial charge in [-0.3, -0.25) is 4.79 Å². The third-order valence-electron chi connectivity index (χ3n) is 1.50. The minimum Gasteiger partial charge on any atom is -0.398 e. The lowest BCUT2D eigenvalue weighted by atomic mass is 10.1. The van der Waals surface area contributed by atoms with Crippen LogP contribution in [0.1, 0.15) is 15.9 Å². The fourth-order valence-electron chi connectivity index (χ4n) is 0.941. The average molecular weight is 170 g/mol. The van der Waals surface area contributed by atoms with Gasteiger partial charge in [-0.05, 0) is 24.6 Å². The lowest BCUT2D eigenvalue weighted by Gasteiger charge is -2.02. The molecule has 0 aliphatic heterocycles. The first-order chi connectivity index (χ1) is 5.15. The van der Waals surface area contributed by atoms with Crippen molar-refractivity contribution in [3.63, 3.8) is 0 Å². The number of hydrogen-bond donors (Lipinski definition) is 1. The Kier molecular flexibility index (Phi) is 2.15. The number of halogens is 1. The standard InChI is InChI=1S/C8H8ClNO/c1-5-2-6(9)3-8(10)7(5)4-11/h2-4H,10H2,1H3. The molecule has 3 heteroatoms. The summed E-state index contributed by atoms with van der Waals surface area (Å²) in [4.78, 5) is 10.4. The molecule has 0 bridgehead atoms. The predicted octanol–water partition coefficient (Wildman–Crippen LogP) is 2.04. The Bertz CT molecular complexity index is 273. The Morgan fingerprint density at radius 1 is 1.55 bits per heavy atom. The molecule has 1 rings (SSSR count). The zero-order chi connectivity index (χ0) is 8.43. The quantitative estimate of drug-likeness (QED) is 0.517. The second-order valence-electron chi connectivity index (χ2n) is 2.34. The molecule has 0 aromatic heterocycles. The summed E-state index contributed by atoms with van der Waals surface area (Å²) in [6.45, 7) is 1.80. The van der Waals surface area contributed by atoms with E-state index in [0.717, 1.165) is 11.8 Å². The first kappa shape index (κ1) is 8.08. The van der Waals surface area contributed by atoms with E-state index < -0.39 is 0 Å². The maximum Gasteiger partial charge on any atom is 0.152 e. The smallest absolute Gasteiger partial charge is 0.152 e. The minimum absolute atomic E-state index is 0.435. The van der Waals surface area contributed by atoms with Crippen molar-refractivity contribution in [2.75, 3.05) is 5.73 Å². The van der Waals surface area contributed by atoms with Gasteiger partial charge in [-0.1, -0.05) is 11.6 Å². The molecule has 0 aliphatic carbocycles. The van der Waals surface area contributed by atoms with E-state index in [1.54, 1.807) is 19.1 Å². The van der Waals surface area contributed by atoms with Gasteiger partial charge in [0.05, 0.1) is 0 Å². The summed E-state index contributed by atoms with van der Waals surface area (Å²) in [6.07, 6.45) is 0.737. The Morgan fingerprint density at radius 3 is 2.64 bits per heavy atom. The molecule has 0 fully saturated rings. The molecule has 0 saturated heterocycles. The van der Waals surface area contributed by atoms with Gasteiger partial charge in [-0.25, -0.2) is 0 Å². The van der Waals surface area contributed by atoms with Crippen molar-refractivity contribution in [1.82, 2.24) is 0 Å². The molecule has 11 heavy (non-hydrogen) atoms. The van der Waals surface area contributed by atoms with E-state index in [9.17, 15) is 4.79 Å². The third-order valence-corrected chi connectivity index (χ3v) is 1.72. The van der Waals surface area contributed by atoms with Crippen molar-refractivity contribution in [3.05, 3.63) is 28.3 Å². The molecule has 2 N–H and O–H groups in total. The van der Waals surface area contributed by atoms with E-state index in [1.165, 1.54) is 0 Å². The van der Waals surface area contributed by atoms with Gasteiger partial charge >= 0.3 is 0 Å². The molecule has 0 atom stereocenters. The lowest BCUT2D eigenvalue weighted by molar-refractivity contribution is 0.112. The van der Waals surface area contributed by atoms with Crippen molar-refractivity contribution >= 4 is 23.6 Å². The Hall–Kier alpha value is -1.02. The highest BCUT2D eigenvalue weighted by atomic mass is 35.5. The van der Waals surface area contributed by atoms with E-state index in [1.807, 2.05) is 0 Å². The first-order valence-corrected chi connectivity index (χ1v) is 3.53. The number of nitrogen functional groups attached to an aromatic ring is 1. The number of nitrogens with two attached hydrogens (primary N) is 1. The second kappa shape index (κ2) is 2.93. The molecule has 0 radical (unpaired) electrons. The van der Waals surface area contributed by atoms with Crippen LogP contribution in [0.2, 0.25) is 5.02 Å². The summed E-state index contributed by atoms with van der Waals surface area (Å²) in [5.41, 5.74) is 7.28. The van der Waals surface area contributed by atoms with Gasteiger partial charge < -0.3 is 5.73 Å². The summed E-state index contributed by atoms with van der Waals surface area (Å²) >= 11 is 5.68. The molecule has 0 aliphatic rings. The molecule has 0 saturated carbocycles. The van der Waals surface area contributed by atoms with Crippen LogP contribution in [0.25, 0.3) is 0 Å². The number of benzene rings is 1. The largest absolute Gasteiger partial charge is 0.398 e. The van der Waals surface area contributed by atoms with E-state index in [-0.39, 0.29) is 0 Å². The third kappa shape index (κ3) is 1.52. The highest BCUT2D eigenvalue weighted by molar-refractivity contribution is 6.31. The molecule has 0 spiro atoms. The molecule has 2 nitrogen and oxygen atoms in total. The molecule has 0 heterocycles. The Balaban J connectivity index is 3.36. The molecule has 0 amide bonds. The van der Waals surface area contributed by atoms with Crippen LogP contribution in [-0.2, 0) is 0 Å². The van der Waals surface area contributed by atoms with Gasteiger partial charge in [0.2, 0.25) is 0 Å². The van der Waals surface area contributed by atoms with E-state index in [0.29, 0.717) is 16.3 Å². The van der Waals surface area contributed by atoms with E-state index >= 15 is 0 Å². The summed E-state index contributed by atoms with van der Waals surface area (Å²) in [5.74, 6) is 0. The number of carbonyl (C=O) groups excluding carboxylic acids is 1. The maximum atomic E-state index is 10.4. The lowest BCUT2D eigenvalue weighted by Crippen LogP contribution is -1.95. The number of rotatable bonds is 1. The van der Waals surface area contributed by atoms with Crippen LogP contribution in [-0.4, -0.2) is 6.29 Å². The molecule has 0 unspecified atom stereocenters. The van der Waals surface area contributed by atoms with Crippen LogP contribution in [0.15, 0.2) is 12.1 Å². The highest BCUT2D eigenvalue weighted by Gasteiger charge is 2.02. The maximum absolute atomic E-state index is 10.4. The summed E-state index contributed by atoms with van der Waals surface area (Å²) < 4.78 is 0. The fourth-order valence-corrected chi connectivity index (χ4v) is 1.22. The first-order valence-electron chi connectivity index (χ1n) is 3.16. The number of carbonyl (C=O) groups is 1. The zero-order valence-corrected chi connectivity index (χ0v) is 6.85. The van der Waals surface area contributed by atoms with Crippen molar-refractivity contribution in [3.8, 4) is 0 Å². The monoisotopic (exact) mass is 169 g/mol. The molecular weight excluding hydrogens is 162 g/mol. The average Bonchev–Trinajstić information content (AvgIpc) is 1.85. The zero-order valence-electron chi connectivity index (χ0n) is 6.10. The van der Waals surface area contributed by atoms with Gasteiger partial charge in [0.15, 0.2) is 6.29 Å². The molecule has 1 aromatic rings. The van der Waals surface area contributed by atoms with Gasteiger partial charge in [-0.2, -0.15) is 0 Å². The van der Waals surface area contributed by atoms with Crippen LogP contribution in [0.4, 0.5) is 5.69 Å². The van der Waals surface area contributed by atoms with Crippen molar-refractivity contribution in [1.29, 1.82) is 0 Å². The normalized spacial score (nSPS) is 9.64. The second-order valence-corrected chi connectivity index (χ2v) is 2.78. The van der Waals surface area contributed by atoms with Crippen LogP contribution in [0.5, 0.6) is 0 Å². The van der Waals surface area contributed by atoms with Gasteiger partial charge in [0.1, 0.15) is 0 Å². The number of aryl methyl sites for hydroxylation is 1. The van der Waals surface area contributed by atoms with Crippen molar-refractivity contribution < 1.29 is 4.79 Å². The Labute approximate surface area is 70.0 Å². The van der Waals surface area contributed by atoms with Crippen LogP contribution in [0.3, 0.4) is 0 Å². The van der Waals surface area contributed by atoms with Gasteiger partial charge in [-0.15, -0.1) is 0 Å². The van der Waals surface area contributed by atoms with Crippen molar-refractivity contribution in [2.24, 2.45) is 0 Å². The molecule has 58 valence electrons. The van der Waals surface area contributed by atoms with E-state index in [4.69, 9.17) is 17.3 Å². The van der Waals surface area contributed by atoms with Crippen LogP contribution < -0.4 is 5.73 Å². The fraction of sp³-hybridized carbons (Fsp3) is 0.125. The van der Waals surface area contributed by atoms with E-state index in [2.05, 4.69) is 0 Å². The van der Waals surface area contributed by atoms with Crippen LogP contribution >= 0.6 is 11.6 Å². The highest BCUT2D eigenvalue weighted by Crippen LogP contribution is 2.20. The summed E-state index contributed by atoms with van der Waals surface area (Å²) in [5, 5.41) is 0.561. The Morgan fingerprint density at radius 2 is 2.18 bits per heavy atom. The number of aldehydes is 1. The van der Waals surface area contributed by atoms with Gasteiger partial charge in [0.25, 0.3) is 0 Å². The van der Waals surface area contributed by atoms with Crippen molar-refractivity contribution in [2.45, 2.75) is 6.92 Å². The molecular formula is C8H8ClNO. The SMILES string of the molecule is Cc1cc(Cl)cc(N)c1C=O. The van der Waals surface area contributed by atoms with Gasteiger partial charge in [0, 0.05) is 16.3 Å².